The lowest BCUT2D eigenvalue weighted by Gasteiger charge is -2.30. The molecule has 0 aliphatic heterocycles. The van der Waals surface area contributed by atoms with Crippen molar-refractivity contribution in [1.82, 2.24) is 0 Å². The second-order valence-electron chi connectivity index (χ2n) is 6.04. The van der Waals surface area contributed by atoms with Gasteiger partial charge in [-0.2, -0.15) is 0 Å². The zero-order valence-corrected chi connectivity index (χ0v) is 11.3. The van der Waals surface area contributed by atoms with Gasteiger partial charge in [-0.15, -0.1) is 0 Å². The van der Waals surface area contributed by atoms with Gasteiger partial charge in [0.15, 0.2) is 0 Å². The van der Waals surface area contributed by atoms with Crippen LogP contribution in [-0.4, -0.2) is 12.0 Å². The average molecular weight is 259 g/mol. The summed E-state index contributed by atoms with van der Waals surface area (Å²) in [5.41, 5.74) is 7.13. The van der Waals surface area contributed by atoms with E-state index in [1.54, 1.807) is 0 Å². The molecule has 5 atom stereocenters. The molecule has 2 aliphatic carbocycles. The van der Waals surface area contributed by atoms with Gasteiger partial charge in [0.1, 0.15) is 6.61 Å². The number of fused-ring (bicyclic) bond motifs is 2. The summed E-state index contributed by atoms with van der Waals surface area (Å²) in [5.74, 6) is 1.36. The molecule has 3 rings (SSSR count). The van der Waals surface area contributed by atoms with E-state index in [9.17, 15) is 4.79 Å². The highest BCUT2D eigenvalue weighted by atomic mass is 16.5. The van der Waals surface area contributed by atoms with Gasteiger partial charge in [0.05, 0.1) is 5.92 Å². The highest BCUT2D eigenvalue weighted by molar-refractivity contribution is 5.74. The molecule has 1 aromatic rings. The van der Waals surface area contributed by atoms with E-state index in [1.807, 2.05) is 30.3 Å². The van der Waals surface area contributed by atoms with E-state index in [0.29, 0.717) is 24.4 Å². The molecular weight excluding hydrogens is 238 g/mol. The third-order valence-electron chi connectivity index (χ3n) is 4.95. The maximum absolute atomic E-state index is 12.3. The van der Waals surface area contributed by atoms with E-state index >= 15 is 0 Å². The molecule has 0 radical (unpaired) electrons. The molecule has 3 heteroatoms. The Bertz CT molecular complexity index is 457. The number of carbonyl (C=O) groups excluding carboxylic acids is 1. The van der Waals surface area contributed by atoms with Crippen LogP contribution in [0.25, 0.3) is 0 Å². The second kappa shape index (κ2) is 4.97. The zero-order valence-electron chi connectivity index (χ0n) is 11.3. The van der Waals surface area contributed by atoms with Crippen LogP contribution in [0, 0.1) is 23.7 Å². The van der Waals surface area contributed by atoms with E-state index in [0.717, 1.165) is 18.4 Å². The summed E-state index contributed by atoms with van der Waals surface area (Å²) < 4.78 is 5.49. The molecule has 2 saturated carbocycles. The SMILES string of the molecule is C[C@H]1C2CC(C[C@@H]2N)[C@@H]1C(=O)OCc1ccccc1. The van der Waals surface area contributed by atoms with Crippen molar-refractivity contribution >= 4 is 5.97 Å². The van der Waals surface area contributed by atoms with Gasteiger partial charge in [-0.25, -0.2) is 0 Å². The number of hydrogen-bond acceptors (Lipinski definition) is 3. The maximum atomic E-state index is 12.3. The number of nitrogens with two attached hydrogens (primary N) is 1. The number of ether oxygens (including phenoxy) is 1. The minimum Gasteiger partial charge on any atom is -0.461 e. The number of carbonyl (C=O) groups is 1. The van der Waals surface area contributed by atoms with Gasteiger partial charge in [-0.05, 0) is 36.2 Å². The van der Waals surface area contributed by atoms with Crippen LogP contribution in [0.3, 0.4) is 0 Å². The molecule has 2 N–H and O–H groups in total. The van der Waals surface area contributed by atoms with Crippen molar-refractivity contribution in [1.29, 1.82) is 0 Å². The minimum absolute atomic E-state index is 0.0317. The smallest absolute Gasteiger partial charge is 0.309 e. The van der Waals surface area contributed by atoms with Crippen molar-refractivity contribution in [3.8, 4) is 0 Å². The highest BCUT2D eigenvalue weighted by Gasteiger charge is 2.52. The third-order valence-corrected chi connectivity index (χ3v) is 4.95. The number of benzene rings is 1. The quantitative estimate of drug-likeness (QED) is 0.848. The molecule has 2 fully saturated rings. The van der Waals surface area contributed by atoms with Crippen molar-refractivity contribution in [3.63, 3.8) is 0 Å². The largest absolute Gasteiger partial charge is 0.461 e. The molecule has 1 aromatic carbocycles. The molecule has 102 valence electrons. The second-order valence-corrected chi connectivity index (χ2v) is 6.04. The van der Waals surface area contributed by atoms with Gasteiger partial charge in [0, 0.05) is 6.04 Å². The first-order chi connectivity index (χ1) is 9.16. The predicted octanol–water partition coefficient (Wildman–Crippen LogP) is 2.35. The van der Waals surface area contributed by atoms with E-state index in [-0.39, 0.29) is 17.9 Å². The number of hydrogen-bond donors (Lipinski definition) is 1. The van der Waals surface area contributed by atoms with E-state index in [4.69, 9.17) is 10.5 Å². The maximum Gasteiger partial charge on any atom is 0.309 e. The summed E-state index contributed by atoms with van der Waals surface area (Å²) in [4.78, 5) is 12.3. The zero-order chi connectivity index (χ0) is 13.4. The van der Waals surface area contributed by atoms with Crippen molar-refractivity contribution in [2.75, 3.05) is 0 Å². The van der Waals surface area contributed by atoms with Gasteiger partial charge in [-0.3, -0.25) is 4.79 Å². The Balaban J connectivity index is 1.60. The predicted molar refractivity (Wildman–Crippen MR) is 73.1 cm³/mol. The van der Waals surface area contributed by atoms with Gasteiger partial charge >= 0.3 is 5.97 Å². The standard InChI is InChI=1S/C16H21NO2/c1-10-13-7-12(8-14(13)17)15(10)16(18)19-9-11-5-3-2-4-6-11/h2-6,10,12-15H,7-9,17H2,1H3/t10-,12?,13?,14-,15+/m0/s1. The number of rotatable bonds is 3. The topological polar surface area (TPSA) is 52.3 Å². The van der Waals surface area contributed by atoms with Crippen LogP contribution >= 0.6 is 0 Å². The molecule has 2 bridgehead atoms. The fourth-order valence-corrected chi connectivity index (χ4v) is 3.97. The monoisotopic (exact) mass is 259 g/mol. The Morgan fingerprint density at radius 3 is 2.68 bits per heavy atom. The lowest BCUT2D eigenvalue weighted by atomic mass is 9.78. The van der Waals surface area contributed by atoms with E-state index in [2.05, 4.69) is 6.92 Å². The summed E-state index contributed by atoms with van der Waals surface area (Å²) in [6, 6.07) is 10.1. The highest BCUT2D eigenvalue weighted by Crippen LogP contribution is 2.51. The fourth-order valence-electron chi connectivity index (χ4n) is 3.97. The Morgan fingerprint density at radius 2 is 2.05 bits per heavy atom. The first-order valence-electron chi connectivity index (χ1n) is 7.13. The first kappa shape index (κ1) is 12.7. The van der Waals surface area contributed by atoms with Crippen LogP contribution in [-0.2, 0) is 16.1 Å². The summed E-state index contributed by atoms with van der Waals surface area (Å²) in [6.07, 6.45) is 2.09. The van der Waals surface area contributed by atoms with Crippen LogP contribution in [0.1, 0.15) is 25.3 Å². The van der Waals surface area contributed by atoms with Crippen molar-refractivity contribution in [2.24, 2.45) is 29.4 Å². The minimum atomic E-state index is -0.0317. The van der Waals surface area contributed by atoms with E-state index < -0.39 is 0 Å². The molecule has 0 heterocycles. The Morgan fingerprint density at radius 1 is 1.32 bits per heavy atom. The normalized spacial score (nSPS) is 36.4. The Hall–Kier alpha value is -1.35. The van der Waals surface area contributed by atoms with Gasteiger partial charge < -0.3 is 10.5 Å². The van der Waals surface area contributed by atoms with Crippen LogP contribution < -0.4 is 5.73 Å². The van der Waals surface area contributed by atoms with Crippen molar-refractivity contribution in [2.45, 2.75) is 32.4 Å². The van der Waals surface area contributed by atoms with E-state index in [1.165, 1.54) is 0 Å². The molecular formula is C16H21NO2. The molecule has 0 saturated heterocycles. The Labute approximate surface area is 114 Å². The van der Waals surface area contributed by atoms with Gasteiger partial charge in [0.2, 0.25) is 0 Å². The molecule has 2 aliphatic rings. The fraction of sp³-hybridized carbons (Fsp3) is 0.562. The molecule has 0 amide bonds. The summed E-state index contributed by atoms with van der Waals surface area (Å²) in [5, 5.41) is 0. The van der Waals surface area contributed by atoms with Gasteiger partial charge in [-0.1, -0.05) is 37.3 Å². The Kier molecular flexibility index (Phi) is 3.31. The average Bonchev–Trinajstić information content (AvgIpc) is 2.93. The molecule has 19 heavy (non-hydrogen) atoms. The first-order valence-corrected chi connectivity index (χ1v) is 7.13. The lowest BCUT2D eigenvalue weighted by Crippen LogP contribution is -2.39. The third kappa shape index (κ3) is 2.27. The number of esters is 1. The van der Waals surface area contributed by atoms with Gasteiger partial charge in [0.25, 0.3) is 0 Å². The lowest BCUT2D eigenvalue weighted by molar-refractivity contribution is -0.153. The molecule has 0 aromatic heterocycles. The van der Waals surface area contributed by atoms with Crippen LogP contribution in [0.4, 0.5) is 0 Å². The summed E-state index contributed by atoms with van der Waals surface area (Å²) >= 11 is 0. The molecule has 0 spiro atoms. The van der Waals surface area contributed by atoms with Crippen molar-refractivity contribution in [3.05, 3.63) is 35.9 Å². The van der Waals surface area contributed by atoms with Crippen molar-refractivity contribution < 1.29 is 9.53 Å². The summed E-state index contributed by atoms with van der Waals surface area (Å²) in [7, 11) is 0. The van der Waals surface area contributed by atoms with Crippen LogP contribution in [0.15, 0.2) is 30.3 Å². The summed E-state index contributed by atoms with van der Waals surface area (Å²) in [6.45, 7) is 2.53. The molecule has 2 unspecified atom stereocenters. The molecule has 3 nitrogen and oxygen atoms in total. The van der Waals surface area contributed by atoms with Crippen LogP contribution in [0.5, 0.6) is 0 Å². The van der Waals surface area contributed by atoms with Crippen LogP contribution in [0.2, 0.25) is 0 Å².